The SMILES string of the molecule is CN1CC2CCC(C1)N2C(=O)c1cccc(CC#N)c1. The molecule has 4 nitrogen and oxygen atoms in total. The van der Waals surface area contributed by atoms with Crippen LogP contribution in [-0.4, -0.2) is 47.9 Å². The highest BCUT2D eigenvalue weighted by molar-refractivity contribution is 5.95. The van der Waals surface area contributed by atoms with Crippen LogP contribution in [0.3, 0.4) is 0 Å². The van der Waals surface area contributed by atoms with Gasteiger partial charge in [0.25, 0.3) is 5.91 Å². The van der Waals surface area contributed by atoms with E-state index >= 15 is 0 Å². The summed E-state index contributed by atoms with van der Waals surface area (Å²) in [5.41, 5.74) is 1.64. The van der Waals surface area contributed by atoms with Crippen LogP contribution in [-0.2, 0) is 6.42 Å². The summed E-state index contributed by atoms with van der Waals surface area (Å²) in [7, 11) is 2.13. The van der Waals surface area contributed by atoms with Crippen LogP contribution in [0.15, 0.2) is 24.3 Å². The minimum Gasteiger partial charge on any atom is -0.330 e. The van der Waals surface area contributed by atoms with E-state index < -0.39 is 0 Å². The highest BCUT2D eigenvalue weighted by Crippen LogP contribution is 2.31. The molecule has 1 aromatic rings. The number of hydrogen-bond acceptors (Lipinski definition) is 3. The van der Waals surface area contributed by atoms with Gasteiger partial charge in [-0.1, -0.05) is 12.1 Å². The van der Waals surface area contributed by atoms with Crippen molar-refractivity contribution in [1.82, 2.24) is 9.80 Å². The van der Waals surface area contributed by atoms with Crippen LogP contribution in [0, 0.1) is 11.3 Å². The summed E-state index contributed by atoms with van der Waals surface area (Å²) in [5, 5.41) is 8.77. The first-order chi connectivity index (χ1) is 9.69. The van der Waals surface area contributed by atoms with E-state index in [2.05, 4.69) is 22.9 Å². The lowest BCUT2D eigenvalue weighted by molar-refractivity contribution is 0.0472. The third-order valence-electron chi connectivity index (χ3n) is 4.36. The lowest BCUT2D eigenvalue weighted by Crippen LogP contribution is -2.54. The molecule has 2 unspecified atom stereocenters. The number of benzene rings is 1. The summed E-state index contributed by atoms with van der Waals surface area (Å²) >= 11 is 0. The number of fused-ring (bicyclic) bond motifs is 2. The maximum absolute atomic E-state index is 12.7. The van der Waals surface area contributed by atoms with E-state index in [1.54, 1.807) is 0 Å². The van der Waals surface area contributed by atoms with Crippen molar-refractivity contribution in [2.45, 2.75) is 31.3 Å². The van der Waals surface area contributed by atoms with Gasteiger partial charge in [-0.25, -0.2) is 0 Å². The molecule has 20 heavy (non-hydrogen) atoms. The average molecular weight is 269 g/mol. The van der Waals surface area contributed by atoms with Gasteiger partial charge in [0, 0.05) is 30.7 Å². The Balaban J connectivity index is 1.83. The van der Waals surface area contributed by atoms with E-state index in [9.17, 15) is 4.79 Å². The Morgan fingerprint density at radius 3 is 2.70 bits per heavy atom. The van der Waals surface area contributed by atoms with Gasteiger partial charge in [0.2, 0.25) is 0 Å². The smallest absolute Gasteiger partial charge is 0.254 e. The number of nitriles is 1. The Hall–Kier alpha value is -1.86. The summed E-state index contributed by atoms with van der Waals surface area (Å²) in [6.45, 7) is 1.94. The molecule has 1 amide bonds. The van der Waals surface area contributed by atoms with E-state index in [1.165, 1.54) is 0 Å². The molecule has 104 valence electrons. The number of likely N-dealkylation sites (N-methyl/N-ethyl adjacent to an activating group) is 1. The largest absolute Gasteiger partial charge is 0.330 e. The molecule has 2 heterocycles. The third-order valence-corrected chi connectivity index (χ3v) is 4.36. The molecule has 3 rings (SSSR count). The maximum Gasteiger partial charge on any atom is 0.254 e. The van der Waals surface area contributed by atoms with Crippen molar-refractivity contribution >= 4 is 5.91 Å². The topological polar surface area (TPSA) is 47.3 Å². The average Bonchev–Trinajstić information content (AvgIpc) is 2.71. The van der Waals surface area contributed by atoms with E-state index in [-0.39, 0.29) is 5.91 Å². The fourth-order valence-electron chi connectivity index (χ4n) is 3.50. The maximum atomic E-state index is 12.7. The predicted octanol–water partition coefficient (Wildman–Crippen LogP) is 1.67. The molecule has 2 aliphatic heterocycles. The van der Waals surface area contributed by atoms with Crippen molar-refractivity contribution in [3.63, 3.8) is 0 Å². The van der Waals surface area contributed by atoms with Crippen LogP contribution in [0.4, 0.5) is 0 Å². The van der Waals surface area contributed by atoms with Gasteiger partial charge in [0.05, 0.1) is 12.5 Å². The van der Waals surface area contributed by atoms with Gasteiger partial charge < -0.3 is 9.80 Å². The van der Waals surface area contributed by atoms with Gasteiger partial charge in [-0.15, -0.1) is 0 Å². The van der Waals surface area contributed by atoms with E-state index in [1.807, 2.05) is 24.3 Å². The zero-order valence-corrected chi connectivity index (χ0v) is 11.7. The molecule has 0 spiro atoms. The monoisotopic (exact) mass is 269 g/mol. The summed E-state index contributed by atoms with van der Waals surface area (Å²) in [4.78, 5) is 17.1. The van der Waals surface area contributed by atoms with Crippen LogP contribution in [0.1, 0.15) is 28.8 Å². The molecule has 4 heteroatoms. The van der Waals surface area contributed by atoms with Crippen LogP contribution < -0.4 is 0 Å². The minimum absolute atomic E-state index is 0.130. The number of nitrogens with zero attached hydrogens (tertiary/aromatic N) is 3. The first kappa shape index (κ1) is 13.1. The molecular weight excluding hydrogens is 250 g/mol. The van der Waals surface area contributed by atoms with Crippen molar-refractivity contribution in [3.8, 4) is 6.07 Å². The highest BCUT2D eigenvalue weighted by Gasteiger charge is 2.41. The van der Waals surface area contributed by atoms with E-state index in [0.29, 0.717) is 18.5 Å². The third kappa shape index (κ3) is 2.30. The molecular formula is C16H19N3O. The number of rotatable bonds is 2. The standard InChI is InChI=1S/C16H19N3O/c1-18-10-14-5-6-15(11-18)19(14)16(20)13-4-2-3-12(9-13)7-8-17/h2-4,9,14-15H,5-7,10-11H2,1H3. The lowest BCUT2D eigenvalue weighted by atomic mass is 10.1. The zero-order chi connectivity index (χ0) is 14.1. The number of hydrogen-bond donors (Lipinski definition) is 0. The first-order valence-corrected chi connectivity index (χ1v) is 7.16. The summed E-state index contributed by atoms with van der Waals surface area (Å²) < 4.78 is 0. The number of carbonyl (C=O) groups is 1. The number of piperazine rings is 1. The fourth-order valence-corrected chi connectivity index (χ4v) is 3.50. The molecule has 0 N–H and O–H groups in total. The molecule has 2 bridgehead atoms. The lowest BCUT2D eigenvalue weighted by Gasteiger charge is -2.39. The Bertz CT molecular complexity index is 549. The zero-order valence-electron chi connectivity index (χ0n) is 11.7. The first-order valence-electron chi connectivity index (χ1n) is 7.16. The number of likely N-dealkylation sites (tertiary alicyclic amines) is 1. The molecule has 0 aromatic heterocycles. The second-order valence-corrected chi connectivity index (χ2v) is 5.85. The van der Waals surface area contributed by atoms with Crippen LogP contribution in [0.25, 0.3) is 0 Å². The van der Waals surface area contributed by atoms with Gasteiger partial charge >= 0.3 is 0 Å². The van der Waals surface area contributed by atoms with Crippen molar-refractivity contribution in [1.29, 1.82) is 5.26 Å². The predicted molar refractivity (Wildman–Crippen MR) is 76.2 cm³/mol. The van der Waals surface area contributed by atoms with Gasteiger partial charge in [0.1, 0.15) is 0 Å². The Labute approximate surface area is 119 Å². The van der Waals surface area contributed by atoms with Crippen LogP contribution >= 0.6 is 0 Å². The van der Waals surface area contributed by atoms with E-state index in [4.69, 9.17) is 5.26 Å². The van der Waals surface area contributed by atoms with Crippen molar-refractivity contribution < 1.29 is 4.79 Å². The second-order valence-electron chi connectivity index (χ2n) is 5.85. The van der Waals surface area contributed by atoms with Crippen molar-refractivity contribution in [3.05, 3.63) is 35.4 Å². The van der Waals surface area contributed by atoms with Gasteiger partial charge in [-0.2, -0.15) is 5.26 Å². The summed E-state index contributed by atoms with van der Waals surface area (Å²) in [5.74, 6) is 0.130. The molecule has 0 aliphatic carbocycles. The molecule has 0 saturated carbocycles. The van der Waals surface area contributed by atoms with E-state index in [0.717, 1.165) is 37.1 Å². The molecule has 0 radical (unpaired) electrons. The molecule has 2 atom stereocenters. The quantitative estimate of drug-likeness (QED) is 0.820. The second kappa shape index (κ2) is 5.26. The normalized spacial score (nSPS) is 25.5. The molecule has 2 fully saturated rings. The van der Waals surface area contributed by atoms with Gasteiger partial charge in [-0.05, 0) is 37.6 Å². The summed E-state index contributed by atoms with van der Waals surface area (Å²) in [6.07, 6.45) is 2.58. The van der Waals surface area contributed by atoms with Crippen molar-refractivity contribution in [2.24, 2.45) is 0 Å². The highest BCUT2D eigenvalue weighted by atomic mass is 16.2. The van der Waals surface area contributed by atoms with Crippen LogP contribution in [0.5, 0.6) is 0 Å². The minimum atomic E-state index is 0.130. The van der Waals surface area contributed by atoms with Gasteiger partial charge in [-0.3, -0.25) is 4.79 Å². The fraction of sp³-hybridized carbons (Fsp3) is 0.500. The number of carbonyl (C=O) groups excluding carboxylic acids is 1. The number of amides is 1. The molecule has 2 saturated heterocycles. The molecule has 2 aliphatic rings. The Morgan fingerprint density at radius 1 is 1.35 bits per heavy atom. The van der Waals surface area contributed by atoms with Crippen LogP contribution in [0.2, 0.25) is 0 Å². The van der Waals surface area contributed by atoms with Gasteiger partial charge in [0.15, 0.2) is 0 Å². The van der Waals surface area contributed by atoms with Crippen molar-refractivity contribution in [2.75, 3.05) is 20.1 Å². The molecule has 1 aromatic carbocycles. The Morgan fingerprint density at radius 2 is 2.05 bits per heavy atom. The Kier molecular flexibility index (Phi) is 3.45. The summed E-state index contributed by atoms with van der Waals surface area (Å²) in [6, 6.07) is 10.3.